The van der Waals surface area contributed by atoms with Gasteiger partial charge in [0, 0.05) is 12.0 Å². The van der Waals surface area contributed by atoms with Crippen molar-refractivity contribution in [1.82, 2.24) is 0 Å². The standard InChI is InChI=1S/C13H17NO4/c1-17-10-4-3-8-7-13(14,12(15)16)6-5-9(8)11(10)18-2/h3-4H,5-7,14H2,1-2H3,(H,15,16)/t13-/m0/s1. The summed E-state index contributed by atoms with van der Waals surface area (Å²) in [4.78, 5) is 11.2. The van der Waals surface area contributed by atoms with Gasteiger partial charge in [-0.3, -0.25) is 4.79 Å². The lowest BCUT2D eigenvalue weighted by molar-refractivity contribution is -0.143. The third kappa shape index (κ3) is 1.90. The highest BCUT2D eigenvalue weighted by Crippen LogP contribution is 2.39. The number of carboxylic acid groups (broad SMARTS) is 1. The Balaban J connectivity index is 2.44. The molecule has 1 aromatic carbocycles. The molecule has 0 aromatic heterocycles. The van der Waals surface area contributed by atoms with Crippen LogP contribution in [0.5, 0.6) is 11.5 Å². The van der Waals surface area contributed by atoms with E-state index in [0.717, 1.165) is 11.1 Å². The van der Waals surface area contributed by atoms with Crippen LogP contribution in [0.25, 0.3) is 0 Å². The van der Waals surface area contributed by atoms with Gasteiger partial charge in [-0.25, -0.2) is 0 Å². The molecule has 1 atom stereocenters. The van der Waals surface area contributed by atoms with Gasteiger partial charge in [0.1, 0.15) is 5.54 Å². The number of rotatable bonds is 3. The van der Waals surface area contributed by atoms with Gasteiger partial charge in [-0.15, -0.1) is 0 Å². The van der Waals surface area contributed by atoms with Gasteiger partial charge in [-0.2, -0.15) is 0 Å². The predicted molar refractivity (Wildman–Crippen MR) is 66.1 cm³/mol. The van der Waals surface area contributed by atoms with Crippen LogP contribution in [0.3, 0.4) is 0 Å². The van der Waals surface area contributed by atoms with E-state index in [1.807, 2.05) is 6.07 Å². The summed E-state index contributed by atoms with van der Waals surface area (Å²) in [5.41, 5.74) is 6.65. The van der Waals surface area contributed by atoms with E-state index in [2.05, 4.69) is 0 Å². The molecule has 0 saturated heterocycles. The molecule has 0 radical (unpaired) electrons. The van der Waals surface area contributed by atoms with Crippen LogP contribution in [0.2, 0.25) is 0 Å². The van der Waals surface area contributed by atoms with Crippen LogP contribution in [-0.2, 0) is 17.6 Å². The Hall–Kier alpha value is -1.75. The number of carbonyl (C=O) groups is 1. The fourth-order valence-corrected chi connectivity index (χ4v) is 2.43. The van der Waals surface area contributed by atoms with Gasteiger partial charge in [0.15, 0.2) is 11.5 Å². The second kappa shape index (κ2) is 4.49. The second-order valence-electron chi connectivity index (χ2n) is 4.58. The molecule has 0 fully saturated rings. The third-order valence-corrected chi connectivity index (χ3v) is 3.50. The van der Waals surface area contributed by atoms with Gasteiger partial charge in [0.2, 0.25) is 0 Å². The maximum absolute atomic E-state index is 11.2. The maximum atomic E-state index is 11.2. The van der Waals surface area contributed by atoms with E-state index in [1.54, 1.807) is 20.3 Å². The Labute approximate surface area is 106 Å². The summed E-state index contributed by atoms with van der Waals surface area (Å²) in [5, 5.41) is 9.17. The number of benzene rings is 1. The Morgan fingerprint density at radius 2 is 2.11 bits per heavy atom. The fourth-order valence-electron chi connectivity index (χ4n) is 2.43. The number of aliphatic carboxylic acids is 1. The molecule has 0 unspecified atom stereocenters. The third-order valence-electron chi connectivity index (χ3n) is 3.50. The number of nitrogens with two attached hydrogens (primary N) is 1. The van der Waals surface area contributed by atoms with Crippen molar-refractivity contribution in [2.24, 2.45) is 5.73 Å². The summed E-state index contributed by atoms with van der Waals surface area (Å²) >= 11 is 0. The smallest absolute Gasteiger partial charge is 0.324 e. The average Bonchev–Trinajstić information content (AvgIpc) is 2.36. The molecule has 98 valence electrons. The summed E-state index contributed by atoms with van der Waals surface area (Å²) in [6, 6.07) is 3.64. The largest absolute Gasteiger partial charge is 0.493 e. The quantitative estimate of drug-likeness (QED) is 0.836. The monoisotopic (exact) mass is 251 g/mol. The lowest BCUT2D eigenvalue weighted by atomic mass is 9.78. The van der Waals surface area contributed by atoms with Gasteiger partial charge >= 0.3 is 5.97 Å². The topological polar surface area (TPSA) is 81.8 Å². The SMILES string of the molecule is COc1ccc2c(c1OC)CC[C@@](N)(C(=O)O)C2. The molecule has 5 nitrogen and oxygen atoms in total. The van der Waals surface area contributed by atoms with Crippen molar-refractivity contribution in [3.63, 3.8) is 0 Å². The highest BCUT2D eigenvalue weighted by molar-refractivity contribution is 5.79. The lowest BCUT2D eigenvalue weighted by Crippen LogP contribution is -2.52. The summed E-state index contributed by atoms with van der Waals surface area (Å²) in [7, 11) is 3.16. The summed E-state index contributed by atoms with van der Waals surface area (Å²) in [5.74, 6) is 0.390. The molecule has 0 aliphatic heterocycles. The summed E-state index contributed by atoms with van der Waals surface area (Å²) in [6.45, 7) is 0. The zero-order valence-corrected chi connectivity index (χ0v) is 10.5. The van der Waals surface area contributed by atoms with E-state index >= 15 is 0 Å². The van der Waals surface area contributed by atoms with Crippen LogP contribution in [0.4, 0.5) is 0 Å². The molecule has 0 bridgehead atoms. The highest BCUT2D eigenvalue weighted by atomic mass is 16.5. The van der Waals surface area contributed by atoms with Gasteiger partial charge in [-0.1, -0.05) is 6.07 Å². The van der Waals surface area contributed by atoms with E-state index in [0.29, 0.717) is 30.8 Å². The normalized spacial score (nSPS) is 22.2. The molecule has 0 amide bonds. The minimum absolute atomic E-state index is 0.317. The molecule has 5 heteroatoms. The first-order chi connectivity index (χ1) is 8.51. The molecular formula is C13H17NO4. The zero-order chi connectivity index (χ0) is 13.3. The van der Waals surface area contributed by atoms with Crippen LogP contribution in [0.1, 0.15) is 17.5 Å². The van der Waals surface area contributed by atoms with Crippen LogP contribution < -0.4 is 15.2 Å². The zero-order valence-electron chi connectivity index (χ0n) is 10.5. The van der Waals surface area contributed by atoms with E-state index in [4.69, 9.17) is 20.3 Å². The Morgan fingerprint density at radius 3 is 2.67 bits per heavy atom. The van der Waals surface area contributed by atoms with Crippen molar-refractivity contribution < 1.29 is 19.4 Å². The number of carboxylic acids is 1. The molecule has 0 saturated carbocycles. The Morgan fingerprint density at radius 1 is 1.39 bits per heavy atom. The predicted octanol–water partition coefficient (Wildman–Crippen LogP) is 0.975. The van der Waals surface area contributed by atoms with E-state index in [9.17, 15) is 4.79 Å². The molecule has 18 heavy (non-hydrogen) atoms. The minimum Gasteiger partial charge on any atom is -0.493 e. The van der Waals surface area contributed by atoms with E-state index < -0.39 is 11.5 Å². The van der Waals surface area contributed by atoms with Crippen molar-refractivity contribution in [2.75, 3.05) is 14.2 Å². The Kier molecular flexibility index (Phi) is 3.17. The van der Waals surface area contributed by atoms with Crippen molar-refractivity contribution in [3.8, 4) is 11.5 Å². The minimum atomic E-state index is -1.17. The van der Waals surface area contributed by atoms with Crippen LogP contribution in [-0.4, -0.2) is 30.8 Å². The molecule has 2 rings (SSSR count). The number of hydrogen-bond donors (Lipinski definition) is 2. The first kappa shape index (κ1) is 12.7. The molecule has 0 heterocycles. The molecule has 1 aliphatic rings. The first-order valence-corrected chi connectivity index (χ1v) is 5.77. The number of hydrogen-bond acceptors (Lipinski definition) is 4. The lowest BCUT2D eigenvalue weighted by Gasteiger charge is -2.31. The van der Waals surface area contributed by atoms with Crippen molar-refractivity contribution in [2.45, 2.75) is 24.8 Å². The highest BCUT2D eigenvalue weighted by Gasteiger charge is 2.38. The van der Waals surface area contributed by atoms with E-state index in [1.165, 1.54) is 0 Å². The number of ether oxygens (including phenoxy) is 2. The first-order valence-electron chi connectivity index (χ1n) is 5.77. The van der Waals surface area contributed by atoms with Gasteiger partial charge in [-0.05, 0) is 24.5 Å². The average molecular weight is 251 g/mol. The number of fused-ring (bicyclic) bond motifs is 1. The van der Waals surface area contributed by atoms with Crippen molar-refractivity contribution in [3.05, 3.63) is 23.3 Å². The van der Waals surface area contributed by atoms with Crippen LogP contribution in [0, 0.1) is 0 Å². The fraction of sp³-hybridized carbons (Fsp3) is 0.462. The maximum Gasteiger partial charge on any atom is 0.324 e. The van der Waals surface area contributed by atoms with Gasteiger partial charge in [0.25, 0.3) is 0 Å². The molecular weight excluding hydrogens is 234 g/mol. The molecule has 3 N–H and O–H groups in total. The van der Waals surface area contributed by atoms with Crippen molar-refractivity contribution in [1.29, 1.82) is 0 Å². The van der Waals surface area contributed by atoms with E-state index in [-0.39, 0.29) is 0 Å². The summed E-state index contributed by atoms with van der Waals surface area (Å²) < 4.78 is 10.6. The van der Waals surface area contributed by atoms with Crippen LogP contribution >= 0.6 is 0 Å². The van der Waals surface area contributed by atoms with Gasteiger partial charge in [0.05, 0.1) is 14.2 Å². The van der Waals surface area contributed by atoms with Gasteiger partial charge < -0.3 is 20.3 Å². The second-order valence-corrected chi connectivity index (χ2v) is 4.58. The van der Waals surface area contributed by atoms with Crippen LogP contribution in [0.15, 0.2) is 12.1 Å². The number of methoxy groups -OCH3 is 2. The van der Waals surface area contributed by atoms with Crippen molar-refractivity contribution >= 4 is 5.97 Å². The summed E-state index contributed by atoms with van der Waals surface area (Å²) in [6.07, 6.45) is 1.30. The molecule has 1 aromatic rings. The Bertz CT molecular complexity index is 486. The molecule has 1 aliphatic carbocycles. The molecule has 0 spiro atoms.